The quantitative estimate of drug-likeness (QED) is 0.296. The van der Waals surface area contributed by atoms with Crippen LogP contribution in [0.2, 0.25) is 0 Å². The van der Waals surface area contributed by atoms with Crippen LogP contribution in [0, 0.1) is 0 Å². The third kappa shape index (κ3) is 6.50. The zero-order valence-electron chi connectivity index (χ0n) is 16.1. The second kappa shape index (κ2) is 11.5. The Morgan fingerprint density at radius 2 is 1.89 bits per heavy atom. The molecule has 1 unspecified atom stereocenters. The summed E-state index contributed by atoms with van der Waals surface area (Å²) in [5.41, 5.74) is 0.624. The normalized spacial score (nSPS) is 11.4. The SMILES string of the molecule is CCCCC(C(=O)OCC)[n+]1ccn(CC(=O)c2ccc(OC)cc2)c1.[Br-]. The van der Waals surface area contributed by atoms with Crippen LogP contribution in [-0.4, -0.2) is 30.0 Å². The van der Waals surface area contributed by atoms with E-state index in [2.05, 4.69) is 6.92 Å². The second-order valence-electron chi connectivity index (χ2n) is 6.09. The molecule has 0 spiro atoms. The number of aromatic nitrogens is 2. The van der Waals surface area contributed by atoms with Crippen molar-refractivity contribution >= 4 is 11.8 Å². The van der Waals surface area contributed by atoms with E-state index in [0.29, 0.717) is 17.9 Å². The molecule has 0 fully saturated rings. The van der Waals surface area contributed by atoms with E-state index >= 15 is 0 Å². The Morgan fingerprint density at radius 3 is 2.48 bits per heavy atom. The number of hydrogen-bond acceptors (Lipinski definition) is 4. The van der Waals surface area contributed by atoms with Gasteiger partial charge in [-0.3, -0.25) is 4.79 Å². The van der Waals surface area contributed by atoms with Crippen molar-refractivity contribution in [2.45, 2.75) is 45.7 Å². The van der Waals surface area contributed by atoms with Crippen molar-refractivity contribution in [1.29, 1.82) is 0 Å². The number of hydrogen-bond donors (Lipinski definition) is 0. The summed E-state index contributed by atoms with van der Waals surface area (Å²) in [4.78, 5) is 24.7. The highest BCUT2D eigenvalue weighted by atomic mass is 79.9. The number of benzene rings is 1. The molecule has 1 heterocycles. The lowest BCUT2D eigenvalue weighted by Crippen LogP contribution is -3.00. The monoisotopic (exact) mass is 438 g/mol. The molecule has 148 valence electrons. The maximum absolute atomic E-state index is 12.4. The van der Waals surface area contributed by atoms with Gasteiger partial charge in [0.15, 0.2) is 12.6 Å². The molecule has 27 heavy (non-hydrogen) atoms. The van der Waals surface area contributed by atoms with Gasteiger partial charge in [0.2, 0.25) is 12.1 Å². The largest absolute Gasteiger partial charge is 1.00 e. The molecule has 7 heteroatoms. The highest BCUT2D eigenvalue weighted by molar-refractivity contribution is 5.95. The molecule has 2 rings (SSSR count). The fourth-order valence-corrected chi connectivity index (χ4v) is 2.75. The van der Waals surface area contributed by atoms with Crippen LogP contribution >= 0.6 is 0 Å². The van der Waals surface area contributed by atoms with Gasteiger partial charge >= 0.3 is 5.97 Å². The molecule has 0 radical (unpaired) electrons. The summed E-state index contributed by atoms with van der Waals surface area (Å²) in [6.45, 7) is 4.46. The van der Waals surface area contributed by atoms with Gasteiger partial charge in [-0.2, -0.15) is 0 Å². The van der Waals surface area contributed by atoms with Crippen molar-refractivity contribution in [3.8, 4) is 5.75 Å². The minimum atomic E-state index is -0.354. The zero-order valence-corrected chi connectivity index (χ0v) is 17.6. The molecule has 0 N–H and O–H groups in total. The molecule has 1 aromatic carbocycles. The summed E-state index contributed by atoms with van der Waals surface area (Å²) >= 11 is 0. The highest BCUT2D eigenvalue weighted by Crippen LogP contribution is 2.13. The highest BCUT2D eigenvalue weighted by Gasteiger charge is 2.26. The molecule has 2 aromatic rings. The zero-order chi connectivity index (χ0) is 18.9. The number of carbonyl (C=O) groups is 2. The van der Waals surface area contributed by atoms with Crippen molar-refractivity contribution in [1.82, 2.24) is 4.57 Å². The van der Waals surface area contributed by atoms with E-state index in [9.17, 15) is 9.59 Å². The second-order valence-corrected chi connectivity index (χ2v) is 6.09. The van der Waals surface area contributed by atoms with Crippen LogP contribution in [0.15, 0.2) is 43.0 Å². The van der Waals surface area contributed by atoms with Gasteiger partial charge in [-0.1, -0.05) is 13.3 Å². The molecular weight excluding hydrogens is 412 g/mol. The maximum Gasteiger partial charge on any atom is 0.351 e. The Hall–Kier alpha value is -2.15. The van der Waals surface area contributed by atoms with Crippen molar-refractivity contribution in [2.75, 3.05) is 13.7 Å². The van der Waals surface area contributed by atoms with Gasteiger partial charge in [0.25, 0.3) is 0 Å². The lowest BCUT2D eigenvalue weighted by atomic mass is 10.1. The predicted molar refractivity (Wildman–Crippen MR) is 97.1 cm³/mol. The average molecular weight is 439 g/mol. The number of imidazole rings is 1. The van der Waals surface area contributed by atoms with Gasteiger partial charge in [-0.25, -0.2) is 13.9 Å². The van der Waals surface area contributed by atoms with Crippen LogP contribution in [0.3, 0.4) is 0 Å². The van der Waals surface area contributed by atoms with Crippen LogP contribution in [0.5, 0.6) is 5.75 Å². The van der Waals surface area contributed by atoms with Crippen LogP contribution in [0.25, 0.3) is 0 Å². The number of halogens is 1. The third-order valence-electron chi connectivity index (χ3n) is 4.20. The van der Waals surface area contributed by atoms with Crippen molar-refractivity contribution in [2.24, 2.45) is 0 Å². The minimum absolute atomic E-state index is 0. The molecule has 1 aromatic heterocycles. The van der Waals surface area contributed by atoms with E-state index in [0.717, 1.165) is 19.3 Å². The first kappa shape index (κ1) is 22.9. The molecule has 0 aliphatic heterocycles. The molecule has 0 saturated carbocycles. The summed E-state index contributed by atoms with van der Waals surface area (Å²) in [5.74, 6) is 0.482. The fourth-order valence-electron chi connectivity index (χ4n) is 2.75. The van der Waals surface area contributed by atoms with E-state index in [-0.39, 0.29) is 41.3 Å². The lowest BCUT2D eigenvalue weighted by Gasteiger charge is -2.11. The van der Waals surface area contributed by atoms with Crippen molar-refractivity contribution in [3.05, 3.63) is 48.5 Å². The van der Waals surface area contributed by atoms with Crippen LogP contribution in [-0.2, 0) is 16.1 Å². The van der Waals surface area contributed by atoms with E-state index < -0.39 is 0 Å². The molecule has 0 saturated heterocycles. The Morgan fingerprint density at radius 1 is 1.19 bits per heavy atom. The summed E-state index contributed by atoms with van der Waals surface area (Å²) in [5, 5.41) is 0. The number of carbonyl (C=O) groups excluding carboxylic acids is 2. The topological polar surface area (TPSA) is 61.4 Å². The smallest absolute Gasteiger partial charge is 0.351 e. The first-order valence-corrected chi connectivity index (χ1v) is 8.99. The van der Waals surface area contributed by atoms with Gasteiger partial charge in [-0.15, -0.1) is 0 Å². The number of methoxy groups -OCH3 is 1. The summed E-state index contributed by atoms with van der Waals surface area (Å²) in [6, 6.07) is 6.69. The van der Waals surface area contributed by atoms with Gasteiger partial charge < -0.3 is 26.5 Å². The van der Waals surface area contributed by atoms with Gasteiger partial charge in [-0.05, 0) is 44.0 Å². The molecule has 0 bridgehead atoms. The first-order chi connectivity index (χ1) is 12.6. The summed E-state index contributed by atoms with van der Waals surface area (Å²) in [6.07, 6.45) is 8.08. The number of unbranched alkanes of at least 4 members (excludes halogenated alkanes) is 1. The fraction of sp³-hybridized carbons (Fsp3) is 0.450. The van der Waals surface area contributed by atoms with E-state index in [1.165, 1.54) is 0 Å². The van der Waals surface area contributed by atoms with Gasteiger partial charge in [0, 0.05) is 5.56 Å². The standard InChI is InChI=1S/C20H27N2O4.BrH/c1-4-6-7-18(20(24)26-5-2)22-13-12-21(15-22)14-19(23)16-8-10-17(25-3)11-9-16;/h8-13,15,18H,4-7,14H2,1-3H3;1H/q+1;/p-1. The Balaban J connectivity index is 0.00000364. The predicted octanol–water partition coefficient (Wildman–Crippen LogP) is -0.0345. The van der Waals surface area contributed by atoms with Crippen molar-refractivity contribution < 1.29 is 40.6 Å². The van der Waals surface area contributed by atoms with Crippen LogP contribution in [0.4, 0.5) is 0 Å². The van der Waals surface area contributed by atoms with Gasteiger partial charge in [0.05, 0.1) is 13.7 Å². The van der Waals surface area contributed by atoms with Crippen LogP contribution < -0.4 is 26.3 Å². The summed E-state index contributed by atoms with van der Waals surface area (Å²) in [7, 11) is 1.59. The molecule has 6 nitrogen and oxygen atoms in total. The number of esters is 1. The molecule has 0 amide bonds. The van der Waals surface area contributed by atoms with E-state index in [4.69, 9.17) is 9.47 Å². The molecular formula is C20H27BrN2O4. The third-order valence-corrected chi connectivity index (χ3v) is 4.20. The minimum Gasteiger partial charge on any atom is -1.00 e. The maximum atomic E-state index is 12.4. The number of ketones is 1. The number of Topliss-reactive ketones (excluding diaryl/α,β-unsaturated/α-hetero) is 1. The molecule has 0 aliphatic rings. The number of ether oxygens (including phenoxy) is 2. The first-order valence-electron chi connectivity index (χ1n) is 8.99. The van der Waals surface area contributed by atoms with E-state index in [1.54, 1.807) is 55.4 Å². The number of rotatable bonds is 10. The molecule has 1 atom stereocenters. The Bertz CT molecular complexity index is 728. The van der Waals surface area contributed by atoms with Gasteiger partial charge in [0.1, 0.15) is 18.1 Å². The summed E-state index contributed by atoms with van der Waals surface area (Å²) < 4.78 is 13.9. The Labute approximate surface area is 170 Å². The van der Waals surface area contributed by atoms with Crippen LogP contribution in [0.1, 0.15) is 49.5 Å². The van der Waals surface area contributed by atoms with Crippen molar-refractivity contribution in [3.63, 3.8) is 0 Å². The number of nitrogens with zero attached hydrogens (tertiary/aromatic N) is 2. The lowest BCUT2D eigenvalue weighted by molar-refractivity contribution is -0.711. The van der Waals surface area contributed by atoms with E-state index in [1.807, 2.05) is 10.8 Å². The Kier molecular flexibility index (Phi) is 9.78. The average Bonchev–Trinajstić information content (AvgIpc) is 3.10. The molecule has 0 aliphatic carbocycles.